The van der Waals surface area contributed by atoms with E-state index in [0.29, 0.717) is 0 Å². The third kappa shape index (κ3) is 417. The molecule has 0 bridgehead atoms. The number of rotatable bonds is 0. The van der Waals surface area contributed by atoms with Crippen molar-refractivity contribution in [2.75, 3.05) is 0 Å². The summed E-state index contributed by atoms with van der Waals surface area (Å²) in [7, 11) is -9.33. The minimum Gasteiger partial charge on any atom is -1.00 e. The van der Waals surface area contributed by atoms with Crippen molar-refractivity contribution in [3.63, 3.8) is 0 Å². The van der Waals surface area contributed by atoms with Crippen molar-refractivity contribution in [2.45, 2.75) is 0 Å². The van der Waals surface area contributed by atoms with E-state index in [1.165, 1.54) is 0 Å². The van der Waals surface area contributed by atoms with Crippen LogP contribution in [0.25, 0.3) is 0 Å². The second kappa shape index (κ2) is 33.0. The van der Waals surface area contributed by atoms with Gasteiger partial charge in [-0.3, -0.25) is 28.7 Å². The average Bonchev–Trinajstić information content (AvgIpc) is 1.59. The van der Waals surface area contributed by atoms with Gasteiger partial charge in [0.15, 0.2) is 0 Å². The van der Waals surface area contributed by atoms with Gasteiger partial charge in [-0.1, -0.05) is 0 Å². The molecular weight excluding hydrogens is 387 g/mol. The average molecular weight is 399 g/mol. The second-order valence-corrected chi connectivity index (χ2v) is 2.69. The second-order valence-electron chi connectivity index (χ2n) is 0.896. The largest absolute Gasteiger partial charge is 1.00 e. The van der Waals surface area contributed by atoms with Crippen LogP contribution in [0.2, 0.25) is 0 Å². The summed E-state index contributed by atoms with van der Waals surface area (Å²) < 4.78 is 63.2. The normalized spacial score (nSPS) is 6.78. The third-order valence-electron chi connectivity index (χ3n) is 0. The molecule has 6 N–H and O–H groups in total. The van der Waals surface area contributed by atoms with Gasteiger partial charge in [0.25, 0.3) is 0 Å². The van der Waals surface area contributed by atoms with Crippen LogP contribution in [0.1, 0.15) is 5.71 Å². The molecule has 0 aromatic rings. The summed E-state index contributed by atoms with van der Waals surface area (Å²) in [6.07, 6.45) is 0. The Balaban J connectivity index is -0.00000000426. The first-order chi connectivity index (χ1) is 5.00. The summed E-state index contributed by atoms with van der Waals surface area (Å²) in [6, 6.07) is 0. The molecule has 0 amide bonds. The number of hydrogen-bond donors (Lipinski definition) is 6. The standard InChI is InChI=1S/2ClH.4Na.2H2O4S.H2O2.4H/c;;;;;;2*1-5(2,3)4;1-2;;;;/h2*1H;;;;;2*(H2,1,2,3,4);1-2H;;;;/q;;4*+1;;;;4*-1. The minimum absolute atomic E-state index is 0. The predicted octanol–water partition coefficient (Wildman–Crippen LogP) is -12.0. The van der Waals surface area contributed by atoms with Crippen LogP contribution in [0.4, 0.5) is 0 Å². The van der Waals surface area contributed by atoms with Crippen molar-refractivity contribution >= 4 is 45.6 Å². The first kappa shape index (κ1) is 57.2. The van der Waals surface area contributed by atoms with Crippen molar-refractivity contribution in [1.82, 2.24) is 0 Å². The summed E-state index contributed by atoms with van der Waals surface area (Å²) >= 11 is 0. The topological polar surface area (TPSA) is 190 Å². The van der Waals surface area contributed by atoms with Crippen LogP contribution in [-0.2, 0) is 20.8 Å². The molecule has 0 fully saturated rings. The molecular formula is H12Cl2Na4O10S2. The molecule has 102 valence electrons. The predicted molar refractivity (Wildman–Crippen MR) is 52.6 cm³/mol. The van der Waals surface area contributed by atoms with E-state index in [2.05, 4.69) is 0 Å². The van der Waals surface area contributed by atoms with Crippen LogP contribution >= 0.6 is 24.8 Å². The molecule has 0 radical (unpaired) electrons. The van der Waals surface area contributed by atoms with Gasteiger partial charge in [0.1, 0.15) is 0 Å². The Kier molecular flexibility index (Phi) is 105. The summed E-state index contributed by atoms with van der Waals surface area (Å²) in [5, 5.41) is 12.0. The van der Waals surface area contributed by atoms with E-state index in [-0.39, 0.29) is 149 Å². The van der Waals surface area contributed by atoms with Crippen LogP contribution in [0.3, 0.4) is 0 Å². The fraction of sp³-hybridized carbons (Fsp3) is 0. The first-order valence-corrected chi connectivity index (χ1v) is 4.39. The maximum absolute atomic E-state index is 8.74. The molecule has 10 nitrogen and oxygen atoms in total. The molecule has 0 heterocycles. The van der Waals surface area contributed by atoms with Gasteiger partial charge >= 0.3 is 139 Å². The molecule has 0 unspecified atom stereocenters. The van der Waals surface area contributed by atoms with E-state index < -0.39 is 20.8 Å². The summed E-state index contributed by atoms with van der Waals surface area (Å²) in [4.78, 5) is 0. The van der Waals surface area contributed by atoms with Crippen molar-refractivity contribution < 1.29 is 169 Å². The van der Waals surface area contributed by atoms with Gasteiger partial charge in [0, 0.05) is 0 Å². The Morgan fingerprint density at radius 1 is 0.556 bits per heavy atom. The molecule has 18 heteroatoms. The molecule has 0 spiro atoms. The van der Waals surface area contributed by atoms with Gasteiger partial charge in [-0.25, -0.2) is 0 Å². The van der Waals surface area contributed by atoms with Crippen LogP contribution in [-0.4, -0.2) is 45.6 Å². The first-order valence-electron chi connectivity index (χ1n) is 1.60. The zero-order chi connectivity index (χ0) is 11.0. The third-order valence-corrected chi connectivity index (χ3v) is 0. The van der Waals surface area contributed by atoms with Gasteiger partial charge in [0.05, 0.1) is 0 Å². The van der Waals surface area contributed by atoms with E-state index in [1.54, 1.807) is 0 Å². The molecule has 0 aliphatic rings. The van der Waals surface area contributed by atoms with Crippen LogP contribution in [0, 0.1) is 0 Å². The smallest absolute Gasteiger partial charge is 1.00 e. The molecule has 0 saturated carbocycles. The monoisotopic (exact) mass is 398 g/mol. The SMILES string of the molecule is Cl.Cl.O=S(=O)(O)O.O=S(=O)(O)O.OO.[H-].[H-].[H-].[H-].[Na+].[Na+].[Na+].[Na+]. The fourth-order valence-electron chi connectivity index (χ4n) is 0. The van der Waals surface area contributed by atoms with Crippen molar-refractivity contribution in [3.8, 4) is 0 Å². The van der Waals surface area contributed by atoms with Gasteiger partial charge in [-0.15, -0.1) is 24.8 Å². The van der Waals surface area contributed by atoms with E-state index in [1.807, 2.05) is 0 Å². The Bertz CT molecular complexity index is 241. The molecule has 0 saturated heterocycles. The van der Waals surface area contributed by atoms with Gasteiger partial charge in [0.2, 0.25) is 0 Å². The zero-order valence-corrected chi connectivity index (χ0v) is 21.2. The van der Waals surface area contributed by atoms with Gasteiger partial charge in [-0.2, -0.15) is 16.8 Å². The summed E-state index contributed by atoms with van der Waals surface area (Å²) in [5.74, 6) is 0. The summed E-state index contributed by atoms with van der Waals surface area (Å²) in [6.45, 7) is 0. The molecule has 0 aliphatic heterocycles. The Morgan fingerprint density at radius 2 is 0.556 bits per heavy atom. The fourth-order valence-corrected chi connectivity index (χ4v) is 0. The maximum atomic E-state index is 8.74. The van der Waals surface area contributed by atoms with E-state index in [9.17, 15) is 0 Å². The molecule has 0 aromatic heterocycles. The molecule has 0 rings (SSSR count). The molecule has 0 aliphatic carbocycles. The number of hydrogen-bond acceptors (Lipinski definition) is 6. The molecule has 0 atom stereocenters. The van der Waals surface area contributed by atoms with Crippen molar-refractivity contribution in [2.24, 2.45) is 0 Å². The van der Waals surface area contributed by atoms with Crippen LogP contribution in [0.5, 0.6) is 0 Å². The Labute approximate surface area is 211 Å². The maximum Gasteiger partial charge on any atom is 1.00 e. The van der Waals surface area contributed by atoms with E-state index >= 15 is 0 Å². The quantitative estimate of drug-likeness (QED) is 0.0987. The Morgan fingerprint density at radius 3 is 0.556 bits per heavy atom. The van der Waals surface area contributed by atoms with E-state index in [4.69, 9.17) is 45.6 Å². The Hall–Kier alpha value is 4.24. The van der Waals surface area contributed by atoms with E-state index in [0.717, 1.165) is 0 Å². The van der Waals surface area contributed by atoms with Crippen molar-refractivity contribution in [1.29, 1.82) is 0 Å². The number of halogens is 2. The summed E-state index contributed by atoms with van der Waals surface area (Å²) in [5.41, 5.74) is 0. The molecule has 18 heavy (non-hydrogen) atoms. The van der Waals surface area contributed by atoms with Crippen LogP contribution in [0.15, 0.2) is 0 Å². The molecule has 0 aromatic carbocycles. The minimum atomic E-state index is -4.67. The van der Waals surface area contributed by atoms with Crippen molar-refractivity contribution in [3.05, 3.63) is 0 Å². The van der Waals surface area contributed by atoms with Gasteiger partial charge < -0.3 is 5.71 Å². The zero-order valence-electron chi connectivity index (χ0n) is 13.9. The van der Waals surface area contributed by atoms with Gasteiger partial charge in [-0.05, 0) is 0 Å². The van der Waals surface area contributed by atoms with Crippen LogP contribution < -0.4 is 118 Å².